The predicted molar refractivity (Wildman–Crippen MR) is 106 cm³/mol. The second kappa shape index (κ2) is 8.84. The van der Waals surface area contributed by atoms with E-state index in [1.807, 2.05) is 7.05 Å². The van der Waals surface area contributed by atoms with E-state index in [9.17, 15) is 0 Å². The number of halogens is 1. The molecule has 3 rings (SSSR count). The molecule has 2 heterocycles. The van der Waals surface area contributed by atoms with Gasteiger partial charge in [-0.15, -0.1) is 24.0 Å². The number of aliphatic imine (C=N–C) groups is 1. The van der Waals surface area contributed by atoms with Crippen LogP contribution in [-0.2, 0) is 11.2 Å². The van der Waals surface area contributed by atoms with E-state index in [1.54, 1.807) is 0 Å². The van der Waals surface area contributed by atoms with E-state index >= 15 is 0 Å². The van der Waals surface area contributed by atoms with Gasteiger partial charge in [0.1, 0.15) is 0 Å². The Morgan fingerprint density at radius 2 is 2.17 bits per heavy atom. The Kier molecular flexibility index (Phi) is 7.10. The molecule has 23 heavy (non-hydrogen) atoms. The summed E-state index contributed by atoms with van der Waals surface area (Å²) in [6.45, 7) is 7.88. The number of benzene rings is 1. The SMILES string of the molecule is CN=C(NCCN1CCOCC1C)N1CCc2ccccc21.I. The molecule has 128 valence electrons. The largest absolute Gasteiger partial charge is 0.379 e. The Morgan fingerprint density at radius 1 is 1.35 bits per heavy atom. The van der Waals surface area contributed by atoms with Crippen LogP contribution in [0.5, 0.6) is 0 Å². The summed E-state index contributed by atoms with van der Waals surface area (Å²) < 4.78 is 5.49. The van der Waals surface area contributed by atoms with Crippen LogP contribution >= 0.6 is 24.0 Å². The molecule has 0 radical (unpaired) electrons. The quantitative estimate of drug-likeness (QED) is 0.452. The highest BCUT2D eigenvalue weighted by Crippen LogP contribution is 2.27. The summed E-state index contributed by atoms with van der Waals surface area (Å²) in [7, 11) is 1.86. The number of nitrogens with one attached hydrogen (secondary N) is 1. The standard InChI is InChI=1S/C17H26N4O.HI/c1-14-13-22-12-11-20(14)10-8-19-17(18-2)21-9-7-15-5-3-4-6-16(15)21;/h3-6,14H,7-13H2,1-2H3,(H,18,19);1H. The van der Waals surface area contributed by atoms with Crippen molar-refractivity contribution in [1.29, 1.82) is 0 Å². The minimum Gasteiger partial charge on any atom is -0.379 e. The summed E-state index contributed by atoms with van der Waals surface area (Å²) in [5.41, 5.74) is 2.70. The second-order valence-electron chi connectivity index (χ2n) is 5.96. The molecule has 2 aliphatic heterocycles. The van der Waals surface area contributed by atoms with Gasteiger partial charge in [0.15, 0.2) is 5.96 Å². The lowest BCUT2D eigenvalue weighted by Gasteiger charge is -2.33. The van der Waals surface area contributed by atoms with E-state index in [1.165, 1.54) is 11.3 Å². The van der Waals surface area contributed by atoms with Crippen molar-refractivity contribution in [3.63, 3.8) is 0 Å². The fourth-order valence-corrected chi connectivity index (χ4v) is 3.26. The summed E-state index contributed by atoms with van der Waals surface area (Å²) >= 11 is 0. The molecular weight excluding hydrogens is 403 g/mol. The molecule has 1 saturated heterocycles. The maximum absolute atomic E-state index is 5.49. The Morgan fingerprint density at radius 3 is 2.96 bits per heavy atom. The maximum atomic E-state index is 5.49. The summed E-state index contributed by atoms with van der Waals surface area (Å²) in [6, 6.07) is 9.10. The third kappa shape index (κ3) is 4.36. The molecule has 1 N–H and O–H groups in total. The van der Waals surface area contributed by atoms with Gasteiger partial charge in [-0.2, -0.15) is 0 Å². The number of anilines is 1. The molecule has 1 aromatic rings. The number of morpholine rings is 1. The summed E-state index contributed by atoms with van der Waals surface area (Å²) in [6.07, 6.45) is 1.09. The van der Waals surface area contributed by atoms with E-state index < -0.39 is 0 Å². The minimum atomic E-state index is 0. The van der Waals surface area contributed by atoms with Crippen molar-refractivity contribution in [2.75, 3.05) is 51.3 Å². The van der Waals surface area contributed by atoms with Crippen molar-refractivity contribution < 1.29 is 4.74 Å². The highest BCUT2D eigenvalue weighted by atomic mass is 127. The van der Waals surface area contributed by atoms with Crippen molar-refractivity contribution in [2.24, 2.45) is 4.99 Å². The number of fused-ring (bicyclic) bond motifs is 1. The zero-order valence-corrected chi connectivity index (χ0v) is 16.3. The highest BCUT2D eigenvalue weighted by Gasteiger charge is 2.23. The van der Waals surface area contributed by atoms with E-state index in [-0.39, 0.29) is 24.0 Å². The van der Waals surface area contributed by atoms with Crippen molar-refractivity contribution in [1.82, 2.24) is 10.2 Å². The number of hydrogen-bond donors (Lipinski definition) is 1. The second-order valence-corrected chi connectivity index (χ2v) is 5.96. The van der Waals surface area contributed by atoms with Crippen molar-refractivity contribution in [3.05, 3.63) is 29.8 Å². The molecule has 0 aromatic heterocycles. The van der Waals surface area contributed by atoms with Crippen LogP contribution in [0.3, 0.4) is 0 Å². The maximum Gasteiger partial charge on any atom is 0.198 e. The molecule has 1 fully saturated rings. The van der Waals surface area contributed by atoms with E-state index in [0.717, 1.165) is 51.8 Å². The Balaban J connectivity index is 0.00000192. The number of rotatable bonds is 3. The first-order valence-corrected chi connectivity index (χ1v) is 8.17. The molecule has 0 amide bonds. The summed E-state index contributed by atoms with van der Waals surface area (Å²) in [5.74, 6) is 0.978. The van der Waals surface area contributed by atoms with Crippen LogP contribution in [0.4, 0.5) is 5.69 Å². The lowest BCUT2D eigenvalue weighted by Crippen LogP contribution is -2.48. The van der Waals surface area contributed by atoms with Gasteiger partial charge >= 0.3 is 0 Å². The molecule has 0 saturated carbocycles. The fourth-order valence-electron chi connectivity index (χ4n) is 3.26. The molecule has 0 bridgehead atoms. The summed E-state index contributed by atoms with van der Waals surface area (Å²) in [4.78, 5) is 9.22. The van der Waals surface area contributed by atoms with Gasteiger partial charge in [-0.05, 0) is 25.0 Å². The topological polar surface area (TPSA) is 40.1 Å². The van der Waals surface area contributed by atoms with Crippen LogP contribution in [0.2, 0.25) is 0 Å². The normalized spacial score (nSPS) is 21.7. The minimum absolute atomic E-state index is 0. The first-order chi connectivity index (χ1) is 10.8. The number of hydrogen-bond acceptors (Lipinski definition) is 3. The molecule has 5 nitrogen and oxygen atoms in total. The molecule has 0 spiro atoms. The van der Waals surface area contributed by atoms with Gasteiger partial charge in [0.2, 0.25) is 0 Å². The molecular formula is C17H27IN4O. The van der Waals surface area contributed by atoms with E-state index in [4.69, 9.17) is 4.74 Å². The lowest BCUT2D eigenvalue weighted by molar-refractivity contribution is 0.000891. The lowest BCUT2D eigenvalue weighted by atomic mass is 10.2. The van der Waals surface area contributed by atoms with Crippen LogP contribution in [-0.4, -0.2) is 63.3 Å². The van der Waals surface area contributed by atoms with Crippen LogP contribution < -0.4 is 10.2 Å². The van der Waals surface area contributed by atoms with Crippen LogP contribution in [0, 0.1) is 0 Å². The van der Waals surface area contributed by atoms with E-state index in [2.05, 4.69) is 51.3 Å². The highest BCUT2D eigenvalue weighted by molar-refractivity contribution is 14.0. The first-order valence-electron chi connectivity index (χ1n) is 8.17. The fraction of sp³-hybridized carbons (Fsp3) is 0.588. The number of nitrogens with zero attached hydrogens (tertiary/aromatic N) is 3. The third-order valence-corrected chi connectivity index (χ3v) is 4.54. The molecule has 6 heteroatoms. The number of para-hydroxylation sites is 1. The molecule has 1 atom stereocenters. The van der Waals surface area contributed by atoms with Gasteiger partial charge in [0.05, 0.1) is 13.2 Å². The van der Waals surface area contributed by atoms with Crippen LogP contribution in [0.25, 0.3) is 0 Å². The van der Waals surface area contributed by atoms with Gasteiger partial charge in [-0.1, -0.05) is 18.2 Å². The number of guanidine groups is 1. The average Bonchev–Trinajstić information content (AvgIpc) is 2.97. The van der Waals surface area contributed by atoms with Gasteiger partial charge in [0.25, 0.3) is 0 Å². The Labute approximate surface area is 156 Å². The molecule has 0 aliphatic carbocycles. The summed E-state index contributed by atoms with van der Waals surface area (Å²) in [5, 5.41) is 3.51. The predicted octanol–water partition coefficient (Wildman–Crippen LogP) is 1.96. The van der Waals surface area contributed by atoms with Crippen molar-refractivity contribution in [3.8, 4) is 0 Å². The first kappa shape index (κ1) is 18.5. The number of ether oxygens (including phenoxy) is 1. The average molecular weight is 430 g/mol. The molecule has 1 aromatic carbocycles. The van der Waals surface area contributed by atoms with E-state index in [0.29, 0.717) is 6.04 Å². The van der Waals surface area contributed by atoms with Gasteiger partial charge in [-0.3, -0.25) is 9.89 Å². The van der Waals surface area contributed by atoms with Gasteiger partial charge in [-0.25, -0.2) is 0 Å². The third-order valence-electron chi connectivity index (χ3n) is 4.54. The van der Waals surface area contributed by atoms with Crippen LogP contribution in [0.1, 0.15) is 12.5 Å². The zero-order valence-electron chi connectivity index (χ0n) is 14.0. The van der Waals surface area contributed by atoms with Gasteiger partial charge < -0.3 is 15.0 Å². The Bertz CT molecular complexity index is 537. The monoisotopic (exact) mass is 430 g/mol. The van der Waals surface area contributed by atoms with Gasteiger partial charge in [0, 0.05) is 45.0 Å². The molecule has 2 aliphatic rings. The Hall–Kier alpha value is -0.860. The van der Waals surface area contributed by atoms with Crippen molar-refractivity contribution >= 4 is 35.6 Å². The van der Waals surface area contributed by atoms with Crippen molar-refractivity contribution in [2.45, 2.75) is 19.4 Å². The smallest absolute Gasteiger partial charge is 0.198 e. The molecule has 1 unspecified atom stereocenters. The van der Waals surface area contributed by atoms with Crippen LogP contribution in [0.15, 0.2) is 29.3 Å². The zero-order chi connectivity index (χ0) is 15.4.